The van der Waals surface area contributed by atoms with Gasteiger partial charge in [-0.15, -0.1) is 0 Å². The Hall–Kier alpha value is -3.17. The first-order chi connectivity index (χ1) is 17.0. The van der Waals surface area contributed by atoms with Crippen LogP contribution >= 0.6 is 11.6 Å². The zero-order valence-electron chi connectivity index (χ0n) is 18.6. The third kappa shape index (κ3) is 4.02. The number of anilines is 1. The lowest BCUT2D eigenvalue weighted by Crippen LogP contribution is -2.25. The molecule has 6 nitrogen and oxygen atoms in total. The SMILES string of the molecule is Fc1ccc(F)c([C@H]2C[C@H](F)CN2c2ccc3ncc(Cl)c(-c4cnn([C@@H]5CCNC5)c4)c3n2)c1. The van der Waals surface area contributed by atoms with Crippen LogP contribution in [0, 0.1) is 11.6 Å². The Bertz CT molecular complexity index is 1400. The molecule has 2 aliphatic heterocycles. The molecule has 3 aromatic heterocycles. The van der Waals surface area contributed by atoms with Gasteiger partial charge in [0.1, 0.15) is 29.1 Å². The van der Waals surface area contributed by atoms with Crippen LogP contribution in [0.3, 0.4) is 0 Å². The van der Waals surface area contributed by atoms with E-state index in [1.165, 1.54) is 0 Å². The molecule has 0 spiro atoms. The first kappa shape index (κ1) is 22.3. The number of pyridine rings is 2. The second-order valence-electron chi connectivity index (χ2n) is 9.04. The van der Waals surface area contributed by atoms with Gasteiger partial charge in [-0.25, -0.2) is 18.2 Å². The minimum absolute atomic E-state index is 0.0229. The average molecular weight is 499 g/mol. The number of hydrogen-bond acceptors (Lipinski definition) is 5. The molecule has 6 rings (SSSR count). The third-order valence-corrected chi connectivity index (χ3v) is 7.10. The largest absolute Gasteiger partial charge is 0.346 e. The fraction of sp³-hybridized carbons (Fsp3) is 0.320. The minimum Gasteiger partial charge on any atom is -0.346 e. The van der Waals surface area contributed by atoms with E-state index in [4.69, 9.17) is 16.6 Å². The predicted octanol–water partition coefficient (Wildman–Crippen LogP) is 5.25. The van der Waals surface area contributed by atoms with E-state index in [1.54, 1.807) is 29.4 Å². The summed E-state index contributed by atoms with van der Waals surface area (Å²) in [5.74, 6) is -0.692. The molecule has 0 amide bonds. The molecule has 0 unspecified atom stereocenters. The van der Waals surface area contributed by atoms with Crippen molar-refractivity contribution in [1.29, 1.82) is 0 Å². The zero-order valence-corrected chi connectivity index (χ0v) is 19.4. The normalized spacial score (nSPS) is 22.4. The summed E-state index contributed by atoms with van der Waals surface area (Å²) in [6.45, 7) is 1.82. The Balaban J connectivity index is 1.44. The van der Waals surface area contributed by atoms with Gasteiger partial charge in [-0.3, -0.25) is 9.67 Å². The second kappa shape index (κ2) is 8.80. The molecule has 0 saturated carbocycles. The van der Waals surface area contributed by atoms with Gasteiger partial charge in [0.25, 0.3) is 0 Å². The number of alkyl halides is 1. The van der Waals surface area contributed by atoms with E-state index in [-0.39, 0.29) is 24.6 Å². The van der Waals surface area contributed by atoms with Gasteiger partial charge in [0, 0.05) is 42.0 Å². The maximum absolute atomic E-state index is 14.6. The molecular weight excluding hydrogens is 477 g/mol. The van der Waals surface area contributed by atoms with E-state index in [2.05, 4.69) is 15.4 Å². The summed E-state index contributed by atoms with van der Waals surface area (Å²) < 4.78 is 45.0. The molecule has 1 aromatic carbocycles. The molecule has 1 N–H and O–H groups in total. The molecule has 35 heavy (non-hydrogen) atoms. The highest BCUT2D eigenvalue weighted by molar-refractivity contribution is 6.34. The summed E-state index contributed by atoms with van der Waals surface area (Å²) in [6.07, 6.45) is 5.12. The number of nitrogens with one attached hydrogen (secondary N) is 1. The number of benzene rings is 1. The molecule has 0 aliphatic carbocycles. The van der Waals surface area contributed by atoms with E-state index in [0.717, 1.165) is 43.3 Å². The maximum atomic E-state index is 14.6. The van der Waals surface area contributed by atoms with Gasteiger partial charge in [-0.2, -0.15) is 5.10 Å². The van der Waals surface area contributed by atoms with Gasteiger partial charge in [0.15, 0.2) is 0 Å². The average Bonchev–Trinajstić information content (AvgIpc) is 3.61. The lowest BCUT2D eigenvalue weighted by molar-refractivity contribution is 0.355. The molecular formula is C25H22ClF3N6. The fourth-order valence-electron chi connectivity index (χ4n) is 5.10. The van der Waals surface area contributed by atoms with Gasteiger partial charge in [0.05, 0.1) is 35.4 Å². The third-order valence-electron chi connectivity index (χ3n) is 6.81. The van der Waals surface area contributed by atoms with Crippen LogP contribution in [-0.2, 0) is 0 Å². The lowest BCUT2D eigenvalue weighted by Gasteiger charge is -2.26. The number of halogens is 4. The smallest absolute Gasteiger partial charge is 0.130 e. The molecule has 2 fully saturated rings. The van der Waals surface area contributed by atoms with Crippen molar-refractivity contribution in [3.8, 4) is 11.1 Å². The van der Waals surface area contributed by atoms with Crippen molar-refractivity contribution in [2.45, 2.75) is 31.1 Å². The van der Waals surface area contributed by atoms with Gasteiger partial charge in [-0.1, -0.05) is 11.6 Å². The molecule has 3 atom stereocenters. The summed E-state index contributed by atoms with van der Waals surface area (Å²) in [6, 6.07) is 6.35. The quantitative estimate of drug-likeness (QED) is 0.416. The van der Waals surface area contributed by atoms with Gasteiger partial charge >= 0.3 is 0 Å². The highest BCUT2D eigenvalue weighted by atomic mass is 35.5. The van der Waals surface area contributed by atoms with Crippen molar-refractivity contribution in [3.05, 3.63) is 71.1 Å². The maximum Gasteiger partial charge on any atom is 0.130 e. The molecule has 2 saturated heterocycles. The minimum atomic E-state index is -1.20. The van der Waals surface area contributed by atoms with Crippen molar-refractivity contribution >= 4 is 28.5 Å². The summed E-state index contributed by atoms with van der Waals surface area (Å²) in [7, 11) is 0. The van der Waals surface area contributed by atoms with Crippen LogP contribution in [0.4, 0.5) is 19.0 Å². The van der Waals surface area contributed by atoms with Gasteiger partial charge in [-0.05, 0) is 43.3 Å². The summed E-state index contributed by atoms with van der Waals surface area (Å²) in [4.78, 5) is 10.9. The second-order valence-corrected chi connectivity index (χ2v) is 9.45. The van der Waals surface area contributed by atoms with E-state index >= 15 is 0 Å². The topological polar surface area (TPSA) is 58.9 Å². The van der Waals surface area contributed by atoms with Crippen molar-refractivity contribution in [2.75, 3.05) is 24.5 Å². The van der Waals surface area contributed by atoms with Gasteiger partial charge < -0.3 is 10.2 Å². The van der Waals surface area contributed by atoms with Crippen LogP contribution < -0.4 is 10.2 Å². The highest BCUT2D eigenvalue weighted by Crippen LogP contribution is 2.40. The molecule has 10 heteroatoms. The molecule has 4 aromatic rings. The van der Waals surface area contributed by atoms with E-state index in [1.807, 2.05) is 10.9 Å². The Kier molecular flexibility index (Phi) is 5.61. The van der Waals surface area contributed by atoms with Crippen molar-refractivity contribution < 1.29 is 13.2 Å². The molecule has 0 radical (unpaired) electrons. The number of rotatable bonds is 4. The van der Waals surface area contributed by atoms with Crippen LogP contribution in [0.15, 0.2) is 48.9 Å². The van der Waals surface area contributed by atoms with E-state index in [9.17, 15) is 13.2 Å². The Labute approximate surface area is 204 Å². The predicted molar refractivity (Wildman–Crippen MR) is 128 cm³/mol. The summed E-state index contributed by atoms with van der Waals surface area (Å²) >= 11 is 6.59. The van der Waals surface area contributed by atoms with Crippen LogP contribution in [0.25, 0.3) is 22.2 Å². The number of aromatic nitrogens is 4. The lowest BCUT2D eigenvalue weighted by atomic mass is 10.0. The van der Waals surface area contributed by atoms with Crippen molar-refractivity contribution in [3.63, 3.8) is 0 Å². The number of hydrogen-bond donors (Lipinski definition) is 1. The van der Waals surface area contributed by atoms with Crippen LogP contribution in [0.5, 0.6) is 0 Å². The van der Waals surface area contributed by atoms with Crippen LogP contribution in [0.1, 0.15) is 30.5 Å². The van der Waals surface area contributed by atoms with Crippen molar-refractivity contribution in [2.24, 2.45) is 0 Å². The standard InChI is InChI=1S/C25H22ClF3N6/c26-19-11-31-21-3-4-23(34-13-16(28)8-22(34)18-7-15(27)1-2-20(18)29)33-25(21)24(19)14-9-32-35(12-14)17-5-6-30-10-17/h1-4,7,9,11-12,16-17,22,30H,5-6,8,10,13H2/t16-,17+,22+/m0/s1. The van der Waals surface area contributed by atoms with Gasteiger partial charge in [0.2, 0.25) is 0 Å². The zero-order chi connectivity index (χ0) is 24.1. The Morgan fingerprint density at radius 1 is 1.11 bits per heavy atom. The van der Waals surface area contributed by atoms with Crippen LogP contribution in [0.2, 0.25) is 5.02 Å². The number of fused-ring (bicyclic) bond motifs is 1. The van der Waals surface area contributed by atoms with Crippen LogP contribution in [-0.4, -0.2) is 45.6 Å². The monoisotopic (exact) mass is 498 g/mol. The Morgan fingerprint density at radius 2 is 2.00 bits per heavy atom. The first-order valence-corrected chi connectivity index (χ1v) is 11.9. The highest BCUT2D eigenvalue weighted by Gasteiger charge is 2.36. The first-order valence-electron chi connectivity index (χ1n) is 11.5. The summed E-state index contributed by atoms with van der Waals surface area (Å²) in [5.41, 5.74) is 2.76. The molecule has 180 valence electrons. The van der Waals surface area contributed by atoms with Crippen molar-refractivity contribution in [1.82, 2.24) is 25.1 Å². The number of nitrogens with zero attached hydrogens (tertiary/aromatic N) is 5. The molecule has 0 bridgehead atoms. The summed E-state index contributed by atoms with van der Waals surface area (Å²) in [5, 5.41) is 8.29. The molecule has 2 aliphatic rings. The Morgan fingerprint density at radius 3 is 2.83 bits per heavy atom. The fourth-order valence-corrected chi connectivity index (χ4v) is 5.35. The van der Waals surface area contributed by atoms with E-state index < -0.39 is 23.8 Å². The molecule has 5 heterocycles. The van der Waals surface area contributed by atoms with E-state index in [0.29, 0.717) is 27.4 Å².